The van der Waals surface area contributed by atoms with Crippen molar-refractivity contribution >= 4 is 15.9 Å². The molecular formula is C14H14BrNO. The molecule has 0 heterocycles. The summed E-state index contributed by atoms with van der Waals surface area (Å²) in [5.41, 5.74) is 7.83. The normalized spacial score (nSPS) is 10.2. The van der Waals surface area contributed by atoms with Gasteiger partial charge in [-0.25, -0.2) is 0 Å². The summed E-state index contributed by atoms with van der Waals surface area (Å²) in [4.78, 5) is 0. The molecule has 0 unspecified atom stereocenters. The molecule has 2 rings (SSSR count). The van der Waals surface area contributed by atoms with Gasteiger partial charge in [-0.1, -0.05) is 46.3 Å². The number of hydrogen-bond acceptors (Lipinski definition) is 2. The second-order valence-electron chi connectivity index (χ2n) is 3.77. The molecule has 88 valence electrons. The summed E-state index contributed by atoms with van der Waals surface area (Å²) in [7, 11) is 0. The van der Waals surface area contributed by atoms with Crippen molar-refractivity contribution in [3.8, 4) is 5.75 Å². The van der Waals surface area contributed by atoms with Gasteiger partial charge in [-0.05, 0) is 29.3 Å². The molecular weight excluding hydrogens is 278 g/mol. The van der Waals surface area contributed by atoms with E-state index in [2.05, 4.69) is 15.9 Å². The summed E-state index contributed by atoms with van der Waals surface area (Å²) in [6, 6.07) is 16.0. The highest BCUT2D eigenvalue weighted by Gasteiger charge is 2.00. The first-order valence-electron chi connectivity index (χ1n) is 5.44. The Kier molecular flexibility index (Phi) is 4.18. The minimum atomic E-state index is 0.515. The number of benzene rings is 2. The zero-order chi connectivity index (χ0) is 12.1. The van der Waals surface area contributed by atoms with E-state index in [1.54, 1.807) is 0 Å². The van der Waals surface area contributed by atoms with Gasteiger partial charge in [0.25, 0.3) is 0 Å². The van der Waals surface area contributed by atoms with Crippen LogP contribution >= 0.6 is 15.9 Å². The number of nitrogens with two attached hydrogens (primary N) is 1. The van der Waals surface area contributed by atoms with Gasteiger partial charge in [-0.3, -0.25) is 0 Å². The van der Waals surface area contributed by atoms with E-state index >= 15 is 0 Å². The minimum Gasteiger partial charge on any atom is -0.489 e. The molecule has 0 aliphatic rings. The Morgan fingerprint density at radius 3 is 2.47 bits per heavy atom. The monoisotopic (exact) mass is 291 g/mol. The summed E-state index contributed by atoms with van der Waals surface area (Å²) in [5, 5.41) is 0. The largest absolute Gasteiger partial charge is 0.489 e. The third kappa shape index (κ3) is 3.58. The van der Waals surface area contributed by atoms with Crippen molar-refractivity contribution in [3.05, 3.63) is 64.1 Å². The SMILES string of the molecule is NCc1cc(Br)cc(OCc2ccccc2)c1. The maximum absolute atomic E-state index is 5.73. The van der Waals surface area contributed by atoms with Crippen LogP contribution in [-0.2, 0) is 13.2 Å². The van der Waals surface area contributed by atoms with Crippen LogP contribution < -0.4 is 10.5 Å². The second-order valence-corrected chi connectivity index (χ2v) is 4.69. The van der Waals surface area contributed by atoms with Gasteiger partial charge < -0.3 is 10.5 Å². The van der Waals surface area contributed by atoms with Crippen LogP contribution in [0.15, 0.2) is 53.0 Å². The molecule has 0 aliphatic heterocycles. The molecule has 2 N–H and O–H groups in total. The molecule has 0 aliphatic carbocycles. The molecule has 0 saturated heterocycles. The molecule has 0 saturated carbocycles. The quantitative estimate of drug-likeness (QED) is 0.936. The van der Waals surface area contributed by atoms with Crippen molar-refractivity contribution in [3.63, 3.8) is 0 Å². The highest BCUT2D eigenvalue weighted by atomic mass is 79.9. The van der Waals surface area contributed by atoms with Gasteiger partial charge >= 0.3 is 0 Å². The lowest BCUT2D eigenvalue weighted by atomic mass is 10.2. The van der Waals surface area contributed by atoms with E-state index in [4.69, 9.17) is 10.5 Å². The van der Waals surface area contributed by atoms with Gasteiger partial charge in [-0.15, -0.1) is 0 Å². The van der Waals surface area contributed by atoms with Crippen LogP contribution in [0.1, 0.15) is 11.1 Å². The number of halogens is 1. The fourth-order valence-electron chi connectivity index (χ4n) is 1.56. The smallest absolute Gasteiger partial charge is 0.121 e. The average Bonchev–Trinajstić information content (AvgIpc) is 2.37. The molecule has 2 nitrogen and oxygen atoms in total. The second kappa shape index (κ2) is 5.84. The van der Waals surface area contributed by atoms with Crippen molar-refractivity contribution in [2.75, 3.05) is 0 Å². The van der Waals surface area contributed by atoms with E-state index in [1.807, 2.05) is 48.5 Å². The van der Waals surface area contributed by atoms with Crippen LogP contribution in [0.5, 0.6) is 5.75 Å². The van der Waals surface area contributed by atoms with E-state index < -0.39 is 0 Å². The Hall–Kier alpha value is -1.32. The van der Waals surface area contributed by atoms with Crippen LogP contribution in [0.4, 0.5) is 0 Å². The predicted octanol–water partition coefficient (Wildman–Crippen LogP) is 3.49. The highest BCUT2D eigenvalue weighted by molar-refractivity contribution is 9.10. The molecule has 0 aromatic heterocycles. The summed E-state index contributed by atoms with van der Waals surface area (Å²) in [6.45, 7) is 1.09. The van der Waals surface area contributed by atoms with E-state index in [-0.39, 0.29) is 0 Å². The van der Waals surface area contributed by atoms with Gasteiger partial charge in [0.1, 0.15) is 12.4 Å². The van der Waals surface area contributed by atoms with Crippen LogP contribution in [0.25, 0.3) is 0 Å². The minimum absolute atomic E-state index is 0.515. The molecule has 2 aromatic rings. The first kappa shape index (κ1) is 12.1. The highest BCUT2D eigenvalue weighted by Crippen LogP contribution is 2.22. The van der Waals surface area contributed by atoms with Crippen molar-refractivity contribution in [2.45, 2.75) is 13.2 Å². The summed E-state index contributed by atoms with van der Waals surface area (Å²) in [5.74, 6) is 0.837. The van der Waals surface area contributed by atoms with Crippen LogP contribution in [0.2, 0.25) is 0 Å². The summed E-state index contributed by atoms with van der Waals surface area (Å²) in [6.07, 6.45) is 0. The molecule has 2 aromatic carbocycles. The Morgan fingerprint density at radius 1 is 1.00 bits per heavy atom. The van der Waals surface area contributed by atoms with E-state index in [0.29, 0.717) is 13.2 Å². The lowest BCUT2D eigenvalue weighted by Crippen LogP contribution is -1.99. The van der Waals surface area contributed by atoms with E-state index in [1.165, 1.54) is 0 Å². The van der Waals surface area contributed by atoms with Crippen molar-refractivity contribution in [1.82, 2.24) is 0 Å². The topological polar surface area (TPSA) is 35.2 Å². The maximum Gasteiger partial charge on any atom is 0.121 e. The lowest BCUT2D eigenvalue weighted by Gasteiger charge is -2.08. The molecule has 3 heteroatoms. The van der Waals surface area contributed by atoms with Gasteiger partial charge in [0.2, 0.25) is 0 Å². The Bertz CT molecular complexity index is 485. The van der Waals surface area contributed by atoms with Gasteiger partial charge in [-0.2, -0.15) is 0 Å². The maximum atomic E-state index is 5.73. The standard InChI is InChI=1S/C14H14BrNO/c15-13-6-12(9-16)7-14(8-13)17-10-11-4-2-1-3-5-11/h1-8H,9-10,16H2. The molecule has 0 radical (unpaired) electrons. The number of rotatable bonds is 4. The molecule has 0 amide bonds. The van der Waals surface area contributed by atoms with Gasteiger partial charge in [0, 0.05) is 11.0 Å². The predicted molar refractivity (Wildman–Crippen MR) is 72.8 cm³/mol. The van der Waals surface area contributed by atoms with Crippen LogP contribution in [0, 0.1) is 0 Å². The molecule has 0 spiro atoms. The molecule has 0 atom stereocenters. The average molecular weight is 292 g/mol. The Morgan fingerprint density at radius 2 is 1.76 bits per heavy atom. The fourth-order valence-corrected chi connectivity index (χ4v) is 2.08. The lowest BCUT2D eigenvalue weighted by molar-refractivity contribution is 0.305. The first-order chi connectivity index (χ1) is 8.28. The van der Waals surface area contributed by atoms with Crippen molar-refractivity contribution < 1.29 is 4.74 Å². The zero-order valence-electron chi connectivity index (χ0n) is 9.40. The van der Waals surface area contributed by atoms with Crippen molar-refractivity contribution in [1.29, 1.82) is 0 Å². The Labute approximate surface area is 110 Å². The van der Waals surface area contributed by atoms with Crippen molar-refractivity contribution in [2.24, 2.45) is 5.73 Å². The number of ether oxygens (including phenoxy) is 1. The molecule has 0 bridgehead atoms. The number of hydrogen-bond donors (Lipinski definition) is 1. The van der Waals surface area contributed by atoms with Crippen LogP contribution in [0.3, 0.4) is 0 Å². The molecule has 17 heavy (non-hydrogen) atoms. The Balaban J connectivity index is 2.06. The first-order valence-corrected chi connectivity index (χ1v) is 6.23. The summed E-state index contributed by atoms with van der Waals surface area (Å²) >= 11 is 3.44. The third-order valence-corrected chi connectivity index (χ3v) is 2.87. The fraction of sp³-hybridized carbons (Fsp3) is 0.143. The van der Waals surface area contributed by atoms with Gasteiger partial charge in [0.15, 0.2) is 0 Å². The van der Waals surface area contributed by atoms with Crippen LogP contribution in [-0.4, -0.2) is 0 Å². The van der Waals surface area contributed by atoms with E-state index in [9.17, 15) is 0 Å². The van der Waals surface area contributed by atoms with Gasteiger partial charge in [0.05, 0.1) is 0 Å². The molecule has 0 fully saturated rings. The van der Waals surface area contributed by atoms with E-state index in [0.717, 1.165) is 21.3 Å². The zero-order valence-corrected chi connectivity index (χ0v) is 11.0. The third-order valence-electron chi connectivity index (χ3n) is 2.42. The summed E-state index contributed by atoms with van der Waals surface area (Å²) < 4.78 is 6.72.